The summed E-state index contributed by atoms with van der Waals surface area (Å²) in [6.07, 6.45) is 4.96. The molecule has 0 atom stereocenters. The Balaban J connectivity index is 0.913. The van der Waals surface area contributed by atoms with Crippen LogP contribution in [-0.2, 0) is 4.74 Å². The van der Waals surface area contributed by atoms with E-state index in [1.807, 2.05) is 51.1 Å². The van der Waals surface area contributed by atoms with E-state index < -0.39 is 5.60 Å². The lowest BCUT2D eigenvalue weighted by Crippen LogP contribution is -2.64. The maximum atomic E-state index is 13.8. The first-order chi connectivity index (χ1) is 23.1. The molecule has 3 saturated heterocycles. The van der Waals surface area contributed by atoms with Crippen LogP contribution in [0.25, 0.3) is 11.0 Å². The van der Waals surface area contributed by atoms with Crippen molar-refractivity contribution in [1.82, 2.24) is 29.7 Å². The number of benzene rings is 2. The van der Waals surface area contributed by atoms with Gasteiger partial charge >= 0.3 is 6.09 Å². The smallest absolute Gasteiger partial charge is 0.410 e. The second-order valence-electron chi connectivity index (χ2n) is 14.1. The third-order valence-electron chi connectivity index (χ3n) is 9.33. The average molecular weight is 672 g/mol. The van der Waals surface area contributed by atoms with Crippen molar-refractivity contribution in [2.24, 2.45) is 5.92 Å². The van der Waals surface area contributed by atoms with Gasteiger partial charge in [0.2, 0.25) is 0 Å². The molecule has 3 aliphatic rings. The van der Waals surface area contributed by atoms with Crippen LogP contribution in [0.15, 0.2) is 61.1 Å². The molecule has 3 fully saturated rings. The van der Waals surface area contributed by atoms with Crippen molar-refractivity contribution < 1.29 is 19.1 Å². The molecule has 12 heteroatoms. The van der Waals surface area contributed by atoms with Crippen LogP contribution in [0.5, 0.6) is 11.5 Å². The molecule has 0 saturated carbocycles. The Kier molecular flexibility index (Phi) is 9.02. The highest BCUT2D eigenvalue weighted by Gasteiger charge is 2.39. The topological polar surface area (TPSA) is 116 Å². The Hall–Kier alpha value is -4.19. The van der Waals surface area contributed by atoms with Gasteiger partial charge in [-0.1, -0.05) is 29.8 Å². The van der Waals surface area contributed by atoms with Gasteiger partial charge in [0.25, 0.3) is 0 Å². The largest absolute Gasteiger partial charge is 0.457 e. The Labute approximate surface area is 285 Å². The number of nitrogens with zero attached hydrogens (tertiary/aromatic N) is 5. The van der Waals surface area contributed by atoms with E-state index in [0.717, 1.165) is 58.7 Å². The predicted octanol–water partition coefficient (Wildman–Crippen LogP) is 6.06. The molecule has 2 aromatic heterocycles. The number of aromatic amines is 1. The number of ether oxygens (including phenoxy) is 2. The van der Waals surface area contributed by atoms with Crippen molar-refractivity contribution in [1.29, 1.82) is 0 Å². The number of carbonyl (C=O) groups excluding carboxylic acids is 2. The summed E-state index contributed by atoms with van der Waals surface area (Å²) in [6.45, 7) is 12.5. The number of hydrogen-bond acceptors (Lipinski definition) is 9. The summed E-state index contributed by atoms with van der Waals surface area (Å²) < 4.78 is 11.4. The van der Waals surface area contributed by atoms with Crippen molar-refractivity contribution in [3.05, 3.63) is 77.2 Å². The van der Waals surface area contributed by atoms with E-state index >= 15 is 0 Å². The first kappa shape index (κ1) is 32.4. The Morgan fingerprint density at radius 3 is 2.44 bits per heavy atom. The fourth-order valence-electron chi connectivity index (χ4n) is 6.82. The number of halogens is 1. The number of ketones is 1. The van der Waals surface area contributed by atoms with Crippen LogP contribution >= 0.6 is 11.6 Å². The van der Waals surface area contributed by atoms with Gasteiger partial charge in [-0.2, -0.15) is 0 Å². The molecule has 0 bridgehead atoms. The maximum absolute atomic E-state index is 13.8. The number of piperidine rings is 1. The number of aromatic nitrogens is 3. The van der Waals surface area contributed by atoms with Gasteiger partial charge in [-0.15, -0.1) is 0 Å². The zero-order valence-corrected chi connectivity index (χ0v) is 28.4. The fraction of sp³-hybridized carbons (Fsp3) is 0.444. The van der Waals surface area contributed by atoms with Gasteiger partial charge < -0.3 is 24.7 Å². The minimum Gasteiger partial charge on any atom is -0.457 e. The van der Waals surface area contributed by atoms with Crippen molar-refractivity contribution in [2.75, 3.05) is 51.1 Å². The van der Waals surface area contributed by atoms with E-state index in [9.17, 15) is 9.59 Å². The highest BCUT2D eigenvalue weighted by Crippen LogP contribution is 2.32. The lowest BCUT2D eigenvalue weighted by Gasteiger charge is -2.50. The summed E-state index contributed by atoms with van der Waals surface area (Å²) in [4.78, 5) is 45.0. The van der Waals surface area contributed by atoms with E-state index in [1.165, 1.54) is 6.33 Å². The molecule has 1 amide bonds. The van der Waals surface area contributed by atoms with Crippen LogP contribution in [0, 0.1) is 5.92 Å². The Bertz CT molecular complexity index is 1770. The summed E-state index contributed by atoms with van der Waals surface area (Å²) in [6, 6.07) is 15.3. The maximum Gasteiger partial charge on any atom is 0.410 e. The van der Waals surface area contributed by atoms with Crippen molar-refractivity contribution in [3.8, 4) is 11.5 Å². The van der Waals surface area contributed by atoms with Crippen LogP contribution < -0.4 is 10.1 Å². The first-order valence-electron chi connectivity index (χ1n) is 16.7. The molecule has 2 aromatic carbocycles. The number of amides is 1. The van der Waals surface area contributed by atoms with Crippen molar-refractivity contribution >= 4 is 40.3 Å². The first-order valence-corrected chi connectivity index (χ1v) is 17.1. The molecular formula is C36H42ClN7O4. The highest BCUT2D eigenvalue weighted by atomic mass is 35.5. The minimum atomic E-state index is -0.456. The van der Waals surface area contributed by atoms with E-state index in [2.05, 4.69) is 30.1 Å². The number of likely N-dealkylation sites (tertiary alicyclic amines) is 3. The number of rotatable bonds is 9. The summed E-state index contributed by atoms with van der Waals surface area (Å²) >= 11 is 6.61. The van der Waals surface area contributed by atoms with E-state index in [0.29, 0.717) is 56.5 Å². The van der Waals surface area contributed by atoms with E-state index in [4.69, 9.17) is 21.1 Å². The Morgan fingerprint density at radius 2 is 1.73 bits per heavy atom. The van der Waals surface area contributed by atoms with Gasteiger partial charge in [0.05, 0.1) is 16.0 Å². The van der Waals surface area contributed by atoms with Crippen LogP contribution in [0.2, 0.25) is 5.02 Å². The molecule has 4 aromatic rings. The summed E-state index contributed by atoms with van der Waals surface area (Å²) in [5.74, 6) is 2.21. The second kappa shape index (κ2) is 13.4. The van der Waals surface area contributed by atoms with Gasteiger partial charge in [0, 0.05) is 81.6 Å². The summed E-state index contributed by atoms with van der Waals surface area (Å²) in [5, 5.41) is 4.60. The summed E-state index contributed by atoms with van der Waals surface area (Å²) in [7, 11) is 0. The number of anilines is 1. The standard InChI is InChI=1S/C36H42ClN7O4/c1-36(2,3)48-35(46)44-18-23(19-44)17-42-20-25(21-42)43-13-11-24(12-14-43)41-34-31-29(16-38-33(31)39-22-40-34)32(45)28-10-9-27(15-30(28)37)47-26-7-5-4-6-8-26/h4-10,15-16,22-25H,11-14,17-21H2,1-3H3,(H2,38,39,40,41). The third-order valence-corrected chi connectivity index (χ3v) is 9.64. The van der Waals surface area contributed by atoms with Crippen molar-refractivity contribution in [3.63, 3.8) is 0 Å². The third kappa shape index (κ3) is 7.13. The zero-order valence-electron chi connectivity index (χ0n) is 27.6. The Morgan fingerprint density at radius 1 is 0.979 bits per heavy atom. The molecule has 0 aliphatic carbocycles. The molecule has 0 spiro atoms. The van der Waals surface area contributed by atoms with Crippen LogP contribution in [0.1, 0.15) is 49.5 Å². The molecule has 3 aliphatic heterocycles. The highest BCUT2D eigenvalue weighted by molar-refractivity contribution is 6.35. The number of fused-ring (bicyclic) bond motifs is 1. The van der Waals surface area contributed by atoms with Gasteiger partial charge in [-0.25, -0.2) is 14.8 Å². The van der Waals surface area contributed by atoms with Gasteiger partial charge in [0.1, 0.15) is 34.9 Å². The van der Waals surface area contributed by atoms with Gasteiger partial charge in [-0.05, 0) is 57.9 Å². The quantitative estimate of drug-likeness (QED) is 0.205. The molecule has 0 unspecified atom stereocenters. The van der Waals surface area contributed by atoms with E-state index in [-0.39, 0.29) is 17.9 Å². The molecule has 2 N–H and O–H groups in total. The lowest BCUT2D eigenvalue weighted by atomic mass is 9.95. The molecule has 0 radical (unpaired) electrons. The number of hydrogen-bond donors (Lipinski definition) is 2. The summed E-state index contributed by atoms with van der Waals surface area (Å²) in [5.41, 5.74) is 0.999. The molecule has 48 heavy (non-hydrogen) atoms. The van der Waals surface area contributed by atoms with Gasteiger partial charge in [0.15, 0.2) is 5.78 Å². The van der Waals surface area contributed by atoms with Crippen LogP contribution in [0.3, 0.4) is 0 Å². The minimum absolute atomic E-state index is 0.205. The normalized spacial score (nSPS) is 18.4. The van der Waals surface area contributed by atoms with E-state index in [1.54, 1.807) is 29.3 Å². The molecule has 252 valence electrons. The average Bonchev–Trinajstić information content (AvgIpc) is 3.45. The number of carbonyl (C=O) groups is 2. The SMILES string of the molecule is CC(C)(C)OC(=O)N1CC(CN2CC(N3CCC(Nc4ncnc5[nH]cc(C(=O)c6ccc(Oc7ccccc7)cc6Cl)c45)CC3)C2)C1. The zero-order chi connectivity index (χ0) is 33.4. The lowest BCUT2D eigenvalue weighted by molar-refractivity contribution is -0.0268. The molecule has 11 nitrogen and oxygen atoms in total. The van der Waals surface area contributed by atoms with Gasteiger partial charge in [-0.3, -0.25) is 14.6 Å². The van der Waals surface area contributed by atoms with Crippen LogP contribution in [0.4, 0.5) is 10.6 Å². The number of H-pyrrole nitrogens is 1. The predicted molar refractivity (Wildman–Crippen MR) is 185 cm³/mol. The van der Waals surface area contributed by atoms with Crippen molar-refractivity contribution in [2.45, 2.75) is 51.3 Å². The number of para-hydroxylation sites is 1. The van der Waals surface area contributed by atoms with Crippen LogP contribution in [-0.4, -0.2) is 105 Å². The number of nitrogens with one attached hydrogen (secondary N) is 2. The molecular weight excluding hydrogens is 630 g/mol. The second-order valence-corrected chi connectivity index (χ2v) is 14.5. The monoisotopic (exact) mass is 671 g/mol. The molecule has 5 heterocycles. The molecule has 7 rings (SSSR count). The fourth-order valence-corrected chi connectivity index (χ4v) is 7.07.